The molecule has 2 fully saturated rings. The highest BCUT2D eigenvalue weighted by Gasteiger charge is 2.56. The molecule has 1 amide bonds. The number of aromatic nitrogens is 5. The summed E-state index contributed by atoms with van der Waals surface area (Å²) < 4.78 is 25.4. The van der Waals surface area contributed by atoms with Crippen molar-refractivity contribution in [1.82, 2.24) is 29.8 Å². The minimum atomic E-state index is -0.877. The first kappa shape index (κ1) is 23.5. The van der Waals surface area contributed by atoms with Crippen LogP contribution in [0.4, 0.5) is 10.7 Å². The number of nitrogen functional groups attached to an aromatic ring is 1. The first-order valence-electron chi connectivity index (χ1n) is 12.0. The van der Waals surface area contributed by atoms with Crippen molar-refractivity contribution in [2.75, 3.05) is 18.9 Å². The smallest absolute Gasteiger partial charge is 0.407 e. The lowest BCUT2D eigenvalue weighted by Crippen LogP contribution is -2.36. The van der Waals surface area contributed by atoms with Gasteiger partial charge in [-0.25, -0.2) is 9.78 Å². The zero-order chi connectivity index (χ0) is 25.7. The molecule has 4 aromatic rings. The number of amides is 1. The van der Waals surface area contributed by atoms with Gasteiger partial charge in [0.1, 0.15) is 24.9 Å². The van der Waals surface area contributed by atoms with Crippen LogP contribution in [0, 0.1) is 0 Å². The Morgan fingerprint density at radius 1 is 1.27 bits per heavy atom. The molecule has 0 radical (unpaired) electrons. The van der Waals surface area contributed by atoms with Gasteiger partial charge in [0.05, 0.1) is 6.33 Å². The second kappa shape index (κ2) is 8.87. The number of H-pyrrole nitrogens is 2. The summed E-state index contributed by atoms with van der Waals surface area (Å²) in [7, 11) is 0. The quantitative estimate of drug-likeness (QED) is 0.301. The zero-order valence-corrected chi connectivity index (χ0v) is 20.3. The first-order chi connectivity index (χ1) is 17.8. The molecule has 0 unspecified atom stereocenters. The Morgan fingerprint density at radius 2 is 2.08 bits per heavy atom. The average Bonchev–Trinajstić information content (AvgIpc) is 3.60. The first-order valence-corrected chi connectivity index (χ1v) is 12.0. The van der Waals surface area contributed by atoms with Crippen molar-refractivity contribution in [3.63, 3.8) is 0 Å². The molecular formula is C24H27N7O6. The number of rotatable bonds is 6. The number of aromatic amines is 2. The van der Waals surface area contributed by atoms with Crippen LogP contribution in [0.5, 0.6) is 0 Å². The van der Waals surface area contributed by atoms with Crippen molar-refractivity contribution >= 4 is 34.1 Å². The summed E-state index contributed by atoms with van der Waals surface area (Å²) >= 11 is 0. The maximum Gasteiger partial charge on any atom is 0.407 e. The number of hydrogen-bond donors (Lipinski definition) is 4. The van der Waals surface area contributed by atoms with Gasteiger partial charge in [0.2, 0.25) is 5.95 Å². The molecular weight excluding hydrogens is 482 g/mol. The summed E-state index contributed by atoms with van der Waals surface area (Å²) in [6.07, 6.45) is 1.08. The van der Waals surface area contributed by atoms with E-state index in [1.165, 1.54) is 6.33 Å². The molecule has 4 atom stereocenters. The number of hydrogen-bond acceptors (Lipinski definition) is 9. The number of ether oxygens (including phenoxy) is 4. The van der Waals surface area contributed by atoms with E-state index in [-0.39, 0.29) is 23.7 Å². The number of carbonyl (C=O) groups is 1. The molecule has 5 heterocycles. The highest BCUT2D eigenvalue weighted by molar-refractivity contribution is 5.83. The molecule has 194 valence electrons. The lowest BCUT2D eigenvalue weighted by Gasteiger charge is -2.24. The van der Waals surface area contributed by atoms with Crippen molar-refractivity contribution < 1.29 is 23.7 Å². The number of anilines is 1. The Kier molecular flexibility index (Phi) is 5.62. The number of nitrogens with two attached hydrogens (primary N) is 1. The van der Waals surface area contributed by atoms with Crippen LogP contribution in [0.25, 0.3) is 22.1 Å². The van der Waals surface area contributed by atoms with Gasteiger partial charge in [0.15, 0.2) is 23.2 Å². The number of nitrogens with one attached hydrogen (secondary N) is 3. The van der Waals surface area contributed by atoms with Gasteiger partial charge in [0.25, 0.3) is 5.56 Å². The normalized spacial score (nSPS) is 24.5. The van der Waals surface area contributed by atoms with Gasteiger partial charge in [-0.05, 0) is 31.9 Å². The topological polar surface area (TPSA) is 171 Å². The Hall–Kier alpha value is -3.94. The summed E-state index contributed by atoms with van der Waals surface area (Å²) in [5.74, 6) is -0.917. The molecule has 0 spiro atoms. The lowest BCUT2D eigenvalue weighted by molar-refractivity contribution is -0.199. The minimum Gasteiger partial charge on any atom is -0.447 e. The summed E-state index contributed by atoms with van der Waals surface area (Å²) in [5, 5.41) is 3.91. The third-order valence-corrected chi connectivity index (χ3v) is 6.57. The van der Waals surface area contributed by atoms with Crippen molar-refractivity contribution in [2.45, 2.75) is 50.6 Å². The Bertz CT molecular complexity index is 1520. The number of para-hydroxylation sites is 1. The van der Waals surface area contributed by atoms with E-state index in [0.717, 1.165) is 16.5 Å². The Morgan fingerprint density at radius 3 is 2.95 bits per heavy atom. The van der Waals surface area contributed by atoms with Crippen molar-refractivity contribution in [1.29, 1.82) is 0 Å². The maximum atomic E-state index is 12.4. The van der Waals surface area contributed by atoms with Crippen LogP contribution in [0.3, 0.4) is 0 Å². The molecule has 37 heavy (non-hydrogen) atoms. The van der Waals surface area contributed by atoms with Crippen molar-refractivity contribution in [2.24, 2.45) is 0 Å². The molecule has 2 aliphatic rings. The predicted molar refractivity (Wildman–Crippen MR) is 132 cm³/mol. The highest BCUT2D eigenvalue weighted by atomic mass is 16.8. The molecule has 0 bridgehead atoms. The van der Waals surface area contributed by atoms with E-state index in [9.17, 15) is 9.59 Å². The molecule has 13 heteroatoms. The fraction of sp³-hybridized carbons (Fsp3) is 0.417. The van der Waals surface area contributed by atoms with Gasteiger partial charge < -0.3 is 35.0 Å². The van der Waals surface area contributed by atoms with E-state index in [2.05, 4.69) is 25.3 Å². The Balaban J connectivity index is 1.12. The van der Waals surface area contributed by atoms with Crippen molar-refractivity contribution in [3.8, 4) is 0 Å². The van der Waals surface area contributed by atoms with Gasteiger partial charge in [-0.15, -0.1) is 0 Å². The zero-order valence-electron chi connectivity index (χ0n) is 20.3. The number of fused-ring (bicyclic) bond motifs is 3. The molecule has 0 saturated carbocycles. The van der Waals surface area contributed by atoms with E-state index in [1.807, 2.05) is 30.5 Å². The van der Waals surface area contributed by atoms with Gasteiger partial charge in [-0.1, -0.05) is 18.2 Å². The van der Waals surface area contributed by atoms with Gasteiger partial charge in [0, 0.05) is 23.6 Å². The van der Waals surface area contributed by atoms with Crippen LogP contribution in [0.1, 0.15) is 25.6 Å². The van der Waals surface area contributed by atoms with E-state index < -0.39 is 42.0 Å². The van der Waals surface area contributed by atoms with Crippen LogP contribution in [-0.2, 0) is 25.4 Å². The van der Waals surface area contributed by atoms with E-state index in [1.54, 1.807) is 18.4 Å². The van der Waals surface area contributed by atoms with Gasteiger partial charge in [-0.3, -0.25) is 14.3 Å². The van der Waals surface area contributed by atoms with Crippen molar-refractivity contribution in [3.05, 3.63) is 52.7 Å². The second-order valence-corrected chi connectivity index (χ2v) is 9.54. The summed E-state index contributed by atoms with van der Waals surface area (Å²) in [6, 6.07) is 8.00. The third kappa shape index (κ3) is 4.30. The molecule has 5 N–H and O–H groups in total. The fourth-order valence-corrected chi connectivity index (χ4v) is 4.99. The number of benzene rings is 1. The molecule has 13 nitrogen and oxygen atoms in total. The molecule has 0 aliphatic carbocycles. The number of nitrogens with zero attached hydrogens (tertiary/aromatic N) is 3. The Labute approximate surface area is 210 Å². The fourth-order valence-electron chi connectivity index (χ4n) is 4.99. The minimum absolute atomic E-state index is 0.0399. The maximum absolute atomic E-state index is 12.4. The van der Waals surface area contributed by atoms with Crippen LogP contribution < -0.4 is 16.6 Å². The van der Waals surface area contributed by atoms with Crippen LogP contribution in [0.2, 0.25) is 0 Å². The number of imidazole rings is 1. The summed E-state index contributed by atoms with van der Waals surface area (Å²) in [6.45, 7) is 3.95. The molecule has 3 aromatic heterocycles. The highest BCUT2D eigenvalue weighted by Crippen LogP contribution is 2.43. The summed E-state index contributed by atoms with van der Waals surface area (Å²) in [4.78, 5) is 38.7. The largest absolute Gasteiger partial charge is 0.447 e. The van der Waals surface area contributed by atoms with Crippen LogP contribution in [-0.4, -0.2) is 67.8 Å². The second-order valence-electron chi connectivity index (χ2n) is 9.54. The molecule has 6 rings (SSSR count). The molecule has 2 saturated heterocycles. The number of alkyl carbamates (subject to hydrolysis) is 1. The number of carbonyl (C=O) groups excluding carboxylic acids is 1. The van der Waals surface area contributed by atoms with Crippen LogP contribution in [0.15, 0.2) is 41.6 Å². The van der Waals surface area contributed by atoms with Gasteiger partial charge in [-0.2, -0.15) is 4.98 Å². The lowest BCUT2D eigenvalue weighted by atomic mass is 10.1. The standard InChI is InChI=1S/C24H27N7O6/c1-24(2)36-17-15(10-34-23(33)26-8-7-12-9-27-14-6-4-3-5-13(12)14)35-21(18(17)37-24)31-11-28-16-19(31)29-22(25)30-20(16)32/h3-6,9,11,15,17-18,21,27H,7-8,10H2,1-2H3,(H,26,33)(H3,25,29,30,32)/t15-,17-,18-,21-/m1/s1. The third-order valence-electron chi connectivity index (χ3n) is 6.57. The van der Waals surface area contributed by atoms with Crippen LogP contribution >= 0.6 is 0 Å². The van der Waals surface area contributed by atoms with Gasteiger partial charge >= 0.3 is 6.09 Å². The monoisotopic (exact) mass is 509 g/mol. The summed E-state index contributed by atoms with van der Waals surface area (Å²) in [5.41, 5.74) is 7.83. The van der Waals surface area contributed by atoms with E-state index >= 15 is 0 Å². The molecule has 1 aromatic carbocycles. The average molecular weight is 510 g/mol. The SMILES string of the molecule is CC1(C)O[C@@H]2[C@H](O1)[C@@H](COC(=O)NCCc1c[nH]c3ccccc13)O[C@H]2n1cnc2c(=O)[nH]c(N)nc21. The molecule has 2 aliphatic heterocycles. The van der Waals surface area contributed by atoms with E-state index in [0.29, 0.717) is 13.0 Å². The van der Waals surface area contributed by atoms with E-state index in [4.69, 9.17) is 24.7 Å². The predicted octanol–water partition coefficient (Wildman–Crippen LogP) is 1.57.